The van der Waals surface area contributed by atoms with E-state index in [1.807, 2.05) is 26.0 Å². The van der Waals surface area contributed by atoms with E-state index in [1.54, 1.807) is 6.07 Å². The van der Waals surface area contributed by atoms with Gasteiger partial charge in [-0.1, -0.05) is 19.4 Å². The highest BCUT2D eigenvalue weighted by Crippen LogP contribution is 2.09. The van der Waals surface area contributed by atoms with Crippen molar-refractivity contribution in [2.45, 2.75) is 40.0 Å². The van der Waals surface area contributed by atoms with Crippen LogP contribution in [0.25, 0.3) is 0 Å². The summed E-state index contributed by atoms with van der Waals surface area (Å²) in [5, 5.41) is 5.40. The zero-order chi connectivity index (χ0) is 17.1. The SMILES string of the molecule is CCCCOCCCNC(=O)CNC(=O)c1ccc(C)c(C)c1. The third-order valence-electron chi connectivity index (χ3n) is 3.61. The Morgan fingerprint density at radius 2 is 1.78 bits per heavy atom. The van der Waals surface area contributed by atoms with Crippen molar-refractivity contribution >= 4 is 11.8 Å². The van der Waals surface area contributed by atoms with Crippen LogP contribution in [0.2, 0.25) is 0 Å². The Kier molecular flexibility index (Phi) is 8.98. The van der Waals surface area contributed by atoms with Gasteiger partial charge in [-0.25, -0.2) is 0 Å². The van der Waals surface area contributed by atoms with Gasteiger partial charge in [-0.05, 0) is 49.9 Å². The highest BCUT2D eigenvalue weighted by molar-refractivity contribution is 5.96. The first-order valence-corrected chi connectivity index (χ1v) is 8.24. The zero-order valence-electron chi connectivity index (χ0n) is 14.4. The quantitative estimate of drug-likeness (QED) is 0.650. The van der Waals surface area contributed by atoms with E-state index in [0.29, 0.717) is 18.7 Å². The number of aryl methyl sites for hydroxylation is 2. The van der Waals surface area contributed by atoms with Gasteiger partial charge < -0.3 is 15.4 Å². The number of benzene rings is 1. The van der Waals surface area contributed by atoms with Crippen LogP contribution >= 0.6 is 0 Å². The molecule has 0 radical (unpaired) electrons. The predicted molar refractivity (Wildman–Crippen MR) is 91.6 cm³/mol. The van der Waals surface area contributed by atoms with Crippen molar-refractivity contribution in [1.29, 1.82) is 0 Å². The molecule has 1 rings (SSSR count). The number of carbonyl (C=O) groups is 2. The van der Waals surface area contributed by atoms with Gasteiger partial charge in [-0.2, -0.15) is 0 Å². The van der Waals surface area contributed by atoms with Crippen LogP contribution in [-0.4, -0.2) is 38.1 Å². The Morgan fingerprint density at radius 3 is 2.48 bits per heavy atom. The number of amides is 2. The van der Waals surface area contributed by atoms with Crippen LogP contribution in [0.15, 0.2) is 18.2 Å². The topological polar surface area (TPSA) is 67.4 Å². The fourth-order valence-electron chi connectivity index (χ4n) is 1.96. The first-order chi connectivity index (χ1) is 11.0. The molecule has 2 N–H and O–H groups in total. The summed E-state index contributed by atoms with van der Waals surface area (Å²) in [5.74, 6) is -0.415. The van der Waals surface area contributed by atoms with Crippen molar-refractivity contribution in [3.63, 3.8) is 0 Å². The lowest BCUT2D eigenvalue weighted by molar-refractivity contribution is -0.120. The molecule has 128 valence electrons. The van der Waals surface area contributed by atoms with Gasteiger partial charge in [0.15, 0.2) is 0 Å². The Morgan fingerprint density at radius 1 is 1.04 bits per heavy atom. The van der Waals surface area contributed by atoms with Crippen LogP contribution in [0.3, 0.4) is 0 Å². The summed E-state index contributed by atoms with van der Waals surface area (Å²) in [4.78, 5) is 23.6. The first kappa shape index (κ1) is 19.2. The number of carbonyl (C=O) groups excluding carboxylic acids is 2. The van der Waals surface area contributed by atoms with Gasteiger partial charge in [-0.15, -0.1) is 0 Å². The van der Waals surface area contributed by atoms with Crippen molar-refractivity contribution < 1.29 is 14.3 Å². The van der Waals surface area contributed by atoms with Crippen molar-refractivity contribution in [3.8, 4) is 0 Å². The summed E-state index contributed by atoms with van der Waals surface area (Å²) in [6, 6.07) is 5.50. The van der Waals surface area contributed by atoms with Crippen molar-refractivity contribution in [2.24, 2.45) is 0 Å². The maximum atomic E-state index is 12.0. The number of hydrogen-bond acceptors (Lipinski definition) is 3. The second kappa shape index (κ2) is 10.8. The van der Waals surface area contributed by atoms with Crippen LogP contribution in [0.5, 0.6) is 0 Å². The molecule has 5 nitrogen and oxygen atoms in total. The van der Waals surface area contributed by atoms with Crippen molar-refractivity contribution in [1.82, 2.24) is 10.6 Å². The first-order valence-electron chi connectivity index (χ1n) is 8.24. The van der Waals surface area contributed by atoms with Crippen LogP contribution in [0, 0.1) is 13.8 Å². The standard InChI is InChI=1S/C18H28N2O3/c1-4-5-10-23-11-6-9-19-17(21)13-20-18(22)16-8-7-14(2)15(3)12-16/h7-8,12H,4-6,9-11,13H2,1-3H3,(H,19,21)(H,20,22). The summed E-state index contributed by atoms with van der Waals surface area (Å²) in [6.07, 6.45) is 2.97. The predicted octanol–water partition coefficient (Wildman–Crippen LogP) is 2.36. The van der Waals surface area contributed by atoms with Crippen LogP contribution in [0.1, 0.15) is 47.7 Å². The second-order valence-corrected chi connectivity index (χ2v) is 5.65. The molecule has 5 heteroatoms. The molecule has 0 spiro atoms. The van der Waals surface area contributed by atoms with E-state index in [1.165, 1.54) is 0 Å². The third kappa shape index (κ3) is 7.79. The molecule has 0 aliphatic carbocycles. The molecule has 0 aliphatic rings. The van der Waals surface area contributed by atoms with E-state index in [2.05, 4.69) is 17.6 Å². The molecule has 0 fully saturated rings. The minimum Gasteiger partial charge on any atom is -0.381 e. The Labute approximate surface area is 138 Å². The molecule has 0 heterocycles. The Hall–Kier alpha value is -1.88. The molecule has 1 aromatic carbocycles. The summed E-state index contributed by atoms with van der Waals surface area (Å²) >= 11 is 0. The molecular formula is C18H28N2O3. The lowest BCUT2D eigenvalue weighted by Gasteiger charge is -2.08. The lowest BCUT2D eigenvalue weighted by Crippen LogP contribution is -2.37. The molecule has 0 saturated heterocycles. The number of hydrogen-bond donors (Lipinski definition) is 2. The number of unbranched alkanes of at least 4 members (excludes halogenated alkanes) is 1. The minimum atomic E-state index is -0.230. The number of nitrogens with one attached hydrogen (secondary N) is 2. The average molecular weight is 320 g/mol. The molecule has 0 aliphatic heterocycles. The van der Waals surface area contributed by atoms with Gasteiger partial charge in [-0.3, -0.25) is 9.59 Å². The number of ether oxygens (including phenoxy) is 1. The van der Waals surface area contributed by atoms with E-state index in [9.17, 15) is 9.59 Å². The molecule has 0 bridgehead atoms. The van der Waals surface area contributed by atoms with Gasteiger partial charge in [0, 0.05) is 25.3 Å². The maximum absolute atomic E-state index is 12.0. The highest BCUT2D eigenvalue weighted by atomic mass is 16.5. The van der Waals surface area contributed by atoms with Gasteiger partial charge in [0.25, 0.3) is 5.91 Å². The summed E-state index contributed by atoms with van der Waals surface area (Å²) in [5.41, 5.74) is 2.77. The third-order valence-corrected chi connectivity index (χ3v) is 3.61. The van der Waals surface area contributed by atoms with E-state index in [-0.39, 0.29) is 18.4 Å². The molecule has 1 aromatic rings. The maximum Gasteiger partial charge on any atom is 0.251 e. The van der Waals surface area contributed by atoms with Gasteiger partial charge in [0.1, 0.15) is 0 Å². The molecule has 0 saturated carbocycles. The fourth-order valence-corrected chi connectivity index (χ4v) is 1.96. The monoisotopic (exact) mass is 320 g/mol. The molecule has 0 atom stereocenters. The summed E-state index contributed by atoms with van der Waals surface area (Å²) in [6.45, 7) is 8.05. The average Bonchev–Trinajstić information content (AvgIpc) is 2.54. The molecule has 0 unspecified atom stereocenters. The Bertz CT molecular complexity index is 515. The fraction of sp³-hybridized carbons (Fsp3) is 0.556. The van der Waals surface area contributed by atoms with Gasteiger partial charge in [0.05, 0.1) is 6.54 Å². The minimum absolute atomic E-state index is 0.0115. The van der Waals surface area contributed by atoms with Crippen LogP contribution in [0.4, 0.5) is 0 Å². The van der Waals surface area contributed by atoms with E-state index >= 15 is 0 Å². The number of rotatable bonds is 10. The van der Waals surface area contributed by atoms with Crippen molar-refractivity contribution in [2.75, 3.05) is 26.3 Å². The molecule has 2 amide bonds. The zero-order valence-corrected chi connectivity index (χ0v) is 14.4. The molecule has 0 aromatic heterocycles. The molecule has 23 heavy (non-hydrogen) atoms. The largest absolute Gasteiger partial charge is 0.381 e. The van der Waals surface area contributed by atoms with Gasteiger partial charge in [0.2, 0.25) is 5.91 Å². The summed E-state index contributed by atoms with van der Waals surface area (Å²) in [7, 11) is 0. The summed E-state index contributed by atoms with van der Waals surface area (Å²) < 4.78 is 5.41. The van der Waals surface area contributed by atoms with Crippen LogP contribution in [-0.2, 0) is 9.53 Å². The normalized spacial score (nSPS) is 10.4. The van der Waals surface area contributed by atoms with Crippen LogP contribution < -0.4 is 10.6 Å². The van der Waals surface area contributed by atoms with Gasteiger partial charge >= 0.3 is 0 Å². The lowest BCUT2D eigenvalue weighted by atomic mass is 10.1. The highest BCUT2D eigenvalue weighted by Gasteiger charge is 2.08. The smallest absolute Gasteiger partial charge is 0.251 e. The van der Waals surface area contributed by atoms with E-state index < -0.39 is 0 Å². The second-order valence-electron chi connectivity index (χ2n) is 5.65. The van der Waals surface area contributed by atoms with E-state index in [0.717, 1.165) is 37.0 Å². The molecular weight excluding hydrogens is 292 g/mol. The van der Waals surface area contributed by atoms with Crippen molar-refractivity contribution in [3.05, 3.63) is 34.9 Å². The Balaban J connectivity index is 2.17. The van der Waals surface area contributed by atoms with E-state index in [4.69, 9.17) is 4.74 Å².